The zero-order valence-electron chi connectivity index (χ0n) is 7.53. The average Bonchev–Trinajstić information content (AvgIpc) is 2.30. The maximum atomic E-state index is 5.75. The van der Waals surface area contributed by atoms with Gasteiger partial charge in [-0.25, -0.2) is 4.68 Å². The van der Waals surface area contributed by atoms with Gasteiger partial charge in [-0.3, -0.25) is 0 Å². The van der Waals surface area contributed by atoms with Gasteiger partial charge in [0.25, 0.3) is 0 Å². The van der Waals surface area contributed by atoms with Crippen LogP contribution in [0.25, 0.3) is 0 Å². The van der Waals surface area contributed by atoms with Gasteiger partial charge in [0.1, 0.15) is 12.4 Å². The molecule has 0 bridgehead atoms. The Morgan fingerprint density at radius 2 is 2.46 bits per heavy atom. The monoisotopic (exact) mass is 175 g/mol. The van der Waals surface area contributed by atoms with Gasteiger partial charge in [-0.15, -0.1) is 6.42 Å². The maximum absolute atomic E-state index is 5.75. The molecule has 0 aliphatic heterocycles. The molecule has 1 fully saturated rings. The fourth-order valence-corrected chi connectivity index (χ4v) is 1.57. The predicted octanol–water partition coefficient (Wildman–Crippen LogP) is 1.37. The Labute approximate surface area is 77.9 Å². The molecule has 0 atom stereocenters. The van der Waals surface area contributed by atoms with Gasteiger partial charge in [0.15, 0.2) is 0 Å². The lowest BCUT2D eigenvalue weighted by molar-refractivity contribution is 0.407. The van der Waals surface area contributed by atoms with E-state index in [0.717, 1.165) is 5.69 Å². The van der Waals surface area contributed by atoms with E-state index in [1.54, 1.807) is 4.68 Å². The highest BCUT2D eigenvalue weighted by Crippen LogP contribution is 2.35. The summed E-state index contributed by atoms with van der Waals surface area (Å²) >= 11 is 0. The van der Waals surface area contributed by atoms with Crippen molar-refractivity contribution < 1.29 is 0 Å². The summed E-state index contributed by atoms with van der Waals surface area (Å²) in [5, 5.41) is 4.37. The topological polar surface area (TPSA) is 43.8 Å². The molecule has 1 aromatic rings. The number of terminal acetylenes is 1. The number of anilines is 1. The fourth-order valence-electron chi connectivity index (χ4n) is 1.57. The minimum atomic E-state index is 0.471. The van der Waals surface area contributed by atoms with Crippen molar-refractivity contribution in [1.82, 2.24) is 9.78 Å². The molecule has 0 saturated heterocycles. The number of nitrogens with zero attached hydrogens (tertiary/aromatic N) is 2. The molecule has 3 nitrogen and oxygen atoms in total. The van der Waals surface area contributed by atoms with E-state index in [1.807, 2.05) is 6.07 Å². The van der Waals surface area contributed by atoms with E-state index in [2.05, 4.69) is 11.0 Å². The largest absolute Gasteiger partial charge is 0.384 e. The van der Waals surface area contributed by atoms with Crippen molar-refractivity contribution in [1.29, 1.82) is 0 Å². The highest BCUT2D eigenvalue weighted by molar-refractivity contribution is 5.33. The number of aromatic nitrogens is 2. The highest BCUT2D eigenvalue weighted by Gasteiger charge is 2.22. The van der Waals surface area contributed by atoms with Crippen LogP contribution in [-0.4, -0.2) is 9.78 Å². The Morgan fingerprint density at radius 3 is 3.00 bits per heavy atom. The van der Waals surface area contributed by atoms with Gasteiger partial charge in [-0.05, 0) is 12.8 Å². The highest BCUT2D eigenvalue weighted by atomic mass is 15.3. The Hall–Kier alpha value is -1.43. The summed E-state index contributed by atoms with van der Waals surface area (Å²) in [5.41, 5.74) is 6.86. The van der Waals surface area contributed by atoms with Crippen LogP contribution in [0.3, 0.4) is 0 Å². The van der Waals surface area contributed by atoms with Crippen LogP contribution in [0.2, 0.25) is 0 Å². The summed E-state index contributed by atoms with van der Waals surface area (Å²) < 4.78 is 1.69. The first-order valence-electron chi connectivity index (χ1n) is 4.58. The summed E-state index contributed by atoms with van der Waals surface area (Å²) in [4.78, 5) is 0. The molecule has 1 aromatic heterocycles. The lowest BCUT2D eigenvalue weighted by atomic mass is 9.83. The SMILES string of the molecule is C#CCn1nc(C2CCC2)cc1N. The van der Waals surface area contributed by atoms with Gasteiger partial charge in [-0.2, -0.15) is 5.10 Å². The van der Waals surface area contributed by atoms with Gasteiger partial charge in [0.2, 0.25) is 0 Å². The number of hydrogen-bond acceptors (Lipinski definition) is 2. The normalized spacial score (nSPS) is 16.5. The zero-order valence-corrected chi connectivity index (χ0v) is 7.53. The van der Waals surface area contributed by atoms with Gasteiger partial charge in [-0.1, -0.05) is 12.3 Å². The number of hydrogen-bond donors (Lipinski definition) is 1. The Balaban J connectivity index is 2.19. The minimum absolute atomic E-state index is 0.471. The molecule has 13 heavy (non-hydrogen) atoms. The van der Waals surface area contributed by atoms with E-state index in [9.17, 15) is 0 Å². The summed E-state index contributed by atoms with van der Waals surface area (Å²) in [6.45, 7) is 0.471. The summed E-state index contributed by atoms with van der Waals surface area (Å²) in [6.07, 6.45) is 8.99. The van der Waals surface area contributed by atoms with Crippen LogP contribution in [0.5, 0.6) is 0 Å². The molecule has 1 aliphatic carbocycles. The first kappa shape index (κ1) is 8.18. The van der Waals surface area contributed by atoms with Crippen molar-refractivity contribution in [3.05, 3.63) is 11.8 Å². The fraction of sp³-hybridized carbons (Fsp3) is 0.500. The van der Waals surface area contributed by atoms with Crippen molar-refractivity contribution in [2.24, 2.45) is 0 Å². The standard InChI is InChI=1S/C10H13N3/c1-2-6-13-10(11)7-9(12-13)8-4-3-5-8/h1,7-8H,3-6,11H2. The second-order valence-electron chi connectivity index (χ2n) is 3.48. The van der Waals surface area contributed by atoms with Gasteiger partial charge in [0.05, 0.1) is 5.69 Å². The predicted molar refractivity (Wildman–Crippen MR) is 52.1 cm³/mol. The van der Waals surface area contributed by atoms with Crippen LogP contribution in [0, 0.1) is 12.3 Å². The van der Waals surface area contributed by atoms with E-state index in [1.165, 1.54) is 19.3 Å². The van der Waals surface area contributed by atoms with Crippen LogP contribution in [-0.2, 0) is 6.54 Å². The van der Waals surface area contributed by atoms with Gasteiger partial charge >= 0.3 is 0 Å². The van der Waals surface area contributed by atoms with E-state index in [-0.39, 0.29) is 0 Å². The summed E-state index contributed by atoms with van der Waals surface area (Å²) in [5.74, 6) is 3.84. The average molecular weight is 175 g/mol. The molecule has 0 radical (unpaired) electrons. The molecule has 0 aromatic carbocycles. The molecule has 0 amide bonds. The van der Waals surface area contributed by atoms with Crippen molar-refractivity contribution in [3.8, 4) is 12.3 Å². The molecular formula is C10H13N3. The minimum Gasteiger partial charge on any atom is -0.384 e. The Kier molecular flexibility index (Phi) is 1.97. The first-order valence-corrected chi connectivity index (χ1v) is 4.58. The van der Waals surface area contributed by atoms with Crippen molar-refractivity contribution >= 4 is 5.82 Å². The van der Waals surface area contributed by atoms with E-state index in [4.69, 9.17) is 12.2 Å². The second kappa shape index (κ2) is 3.14. The first-order chi connectivity index (χ1) is 6.31. The third-order valence-electron chi connectivity index (χ3n) is 2.59. The van der Waals surface area contributed by atoms with Gasteiger partial charge in [0, 0.05) is 12.0 Å². The molecule has 68 valence electrons. The molecule has 2 N–H and O–H groups in total. The van der Waals surface area contributed by atoms with E-state index >= 15 is 0 Å². The van der Waals surface area contributed by atoms with Crippen LogP contribution in [0.4, 0.5) is 5.82 Å². The molecule has 1 aliphatic rings. The molecule has 2 rings (SSSR count). The molecule has 1 heterocycles. The smallest absolute Gasteiger partial charge is 0.123 e. The molecule has 1 saturated carbocycles. The van der Waals surface area contributed by atoms with E-state index in [0.29, 0.717) is 18.3 Å². The van der Waals surface area contributed by atoms with Crippen LogP contribution < -0.4 is 5.73 Å². The van der Waals surface area contributed by atoms with E-state index < -0.39 is 0 Å². The lowest BCUT2D eigenvalue weighted by Gasteiger charge is -2.22. The van der Waals surface area contributed by atoms with Gasteiger partial charge < -0.3 is 5.73 Å². The second-order valence-corrected chi connectivity index (χ2v) is 3.48. The Morgan fingerprint density at radius 1 is 1.69 bits per heavy atom. The third-order valence-corrected chi connectivity index (χ3v) is 2.59. The molecule has 0 unspecified atom stereocenters. The maximum Gasteiger partial charge on any atom is 0.123 e. The number of nitrogens with two attached hydrogens (primary N) is 1. The van der Waals surface area contributed by atoms with Crippen molar-refractivity contribution in [2.75, 3.05) is 5.73 Å². The molecule has 3 heteroatoms. The summed E-state index contributed by atoms with van der Waals surface area (Å²) in [7, 11) is 0. The Bertz CT molecular complexity index is 342. The lowest BCUT2D eigenvalue weighted by Crippen LogP contribution is -2.10. The quantitative estimate of drug-likeness (QED) is 0.690. The van der Waals surface area contributed by atoms with Crippen LogP contribution in [0.15, 0.2) is 6.07 Å². The number of rotatable bonds is 2. The van der Waals surface area contributed by atoms with Crippen LogP contribution >= 0.6 is 0 Å². The summed E-state index contributed by atoms with van der Waals surface area (Å²) in [6, 6.07) is 1.95. The number of nitrogen functional groups attached to an aromatic ring is 1. The van der Waals surface area contributed by atoms with Crippen LogP contribution in [0.1, 0.15) is 30.9 Å². The molecule has 0 spiro atoms. The molecular weight excluding hydrogens is 162 g/mol. The third kappa shape index (κ3) is 1.40. The van der Waals surface area contributed by atoms with Crippen molar-refractivity contribution in [3.63, 3.8) is 0 Å². The zero-order chi connectivity index (χ0) is 9.26. The van der Waals surface area contributed by atoms with Crippen molar-refractivity contribution in [2.45, 2.75) is 31.7 Å².